The molecule has 5 nitrogen and oxygen atoms in total. The van der Waals surface area contributed by atoms with Gasteiger partial charge in [0.2, 0.25) is 11.8 Å². The quantitative estimate of drug-likeness (QED) is 0.782. The van der Waals surface area contributed by atoms with Crippen LogP contribution in [0.2, 0.25) is 0 Å². The summed E-state index contributed by atoms with van der Waals surface area (Å²) in [7, 11) is 0. The molecular weight excluding hydrogens is 232 g/mol. The minimum Gasteiger partial charge on any atom is -0.377 e. The normalized spacial score (nSPS) is 29.6. The summed E-state index contributed by atoms with van der Waals surface area (Å²) in [6.45, 7) is 4.55. The van der Waals surface area contributed by atoms with E-state index in [1.54, 1.807) is 0 Å². The molecule has 2 rings (SSSR count). The van der Waals surface area contributed by atoms with Crippen molar-refractivity contribution < 1.29 is 14.3 Å². The Hall–Kier alpha value is -1.10. The van der Waals surface area contributed by atoms with E-state index in [4.69, 9.17) is 4.74 Å². The van der Waals surface area contributed by atoms with E-state index in [1.165, 1.54) is 0 Å². The van der Waals surface area contributed by atoms with Gasteiger partial charge in [0, 0.05) is 32.7 Å². The Morgan fingerprint density at radius 2 is 2.33 bits per heavy atom. The van der Waals surface area contributed by atoms with E-state index in [0.717, 1.165) is 25.9 Å². The first-order valence-electron chi connectivity index (χ1n) is 6.89. The molecule has 0 aromatic rings. The van der Waals surface area contributed by atoms with Gasteiger partial charge in [-0.3, -0.25) is 9.59 Å². The molecule has 2 saturated heterocycles. The third-order valence-corrected chi connectivity index (χ3v) is 3.78. The number of carbonyl (C=O) groups is 2. The number of hydrogen-bond acceptors (Lipinski definition) is 3. The fraction of sp³-hybridized carbons (Fsp3) is 0.846. The van der Waals surface area contributed by atoms with Crippen molar-refractivity contribution in [1.29, 1.82) is 0 Å². The van der Waals surface area contributed by atoms with Crippen LogP contribution in [0.25, 0.3) is 0 Å². The van der Waals surface area contributed by atoms with Crippen LogP contribution in [0.4, 0.5) is 0 Å². The molecule has 2 fully saturated rings. The van der Waals surface area contributed by atoms with Gasteiger partial charge in [-0.2, -0.15) is 0 Å². The van der Waals surface area contributed by atoms with Crippen molar-refractivity contribution in [2.75, 3.05) is 26.2 Å². The lowest BCUT2D eigenvalue weighted by atomic mass is 9.91. The molecule has 2 aliphatic rings. The lowest BCUT2D eigenvalue weighted by Crippen LogP contribution is -2.45. The van der Waals surface area contributed by atoms with Gasteiger partial charge in [-0.1, -0.05) is 6.92 Å². The number of nitrogens with zero attached hydrogens (tertiary/aromatic N) is 1. The topological polar surface area (TPSA) is 58.6 Å². The van der Waals surface area contributed by atoms with Crippen molar-refractivity contribution in [3.8, 4) is 0 Å². The maximum absolute atomic E-state index is 12.5. The number of hydrogen-bond donors (Lipinski definition) is 1. The number of rotatable bonds is 2. The van der Waals surface area contributed by atoms with Gasteiger partial charge >= 0.3 is 0 Å². The van der Waals surface area contributed by atoms with Crippen LogP contribution in [0, 0.1) is 5.92 Å². The van der Waals surface area contributed by atoms with Crippen LogP contribution in [-0.2, 0) is 14.3 Å². The number of carbonyl (C=O) groups excluding carboxylic acids is 2. The average Bonchev–Trinajstić information content (AvgIpc) is 2.62. The van der Waals surface area contributed by atoms with Crippen LogP contribution in [0.3, 0.4) is 0 Å². The predicted octanol–water partition coefficient (Wildman–Crippen LogP) is 0.540. The molecule has 0 bridgehead atoms. The molecule has 2 atom stereocenters. The van der Waals surface area contributed by atoms with Crippen LogP contribution in [0.15, 0.2) is 0 Å². The maximum Gasteiger partial charge on any atom is 0.228 e. The van der Waals surface area contributed by atoms with Crippen LogP contribution in [0.5, 0.6) is 0 Å². The van der Waals surface area contributed by atoms with Crippen LogP contribution in [0.1, 0.15) is 32.6 Å². The highest BCUT2D eigenvalue weighted by molar-refractivity contribution is 5.82. The van der Waals surface area contributed by atoms with Crippen molar-refractivity contribution in [2.45, 2.75) is 38.7 Å². The number of amides is 2. The molecule has 0 aromatic carbocycles. The first-order valence-corrected chi connectivity index (χ1v) is 6.89. The first-order chi connectivity index (χ1) is 8.72. The van der Waals surface area contributed by atoms with Crippen molar-refractivity contribution in [1.82, 2.24) is 10.2 Å². The summed E-state index contributed by atoms with van der Waals surface area (Å²) < 4.78 is 5.67. The zero-order chi connectivity index (χ0) is 13.0. The molecule has 0 radical (unpaired) electrons. The monoisotopic (exact) mass is 254 g/mol. The van der Waals surface area contributed by atoms with Gasteiger partial charge in [0.25, 0.3) is 0 Å². The summed E-state index contributed by atoms with van der Waals surface area (Å²) in [6.07, 6.45) is 3.21. The Labute approximate surface area is 108 Å². The fourth-order valence-electron chi connectivity index (χ4n) is 2.75. The number of ether oxygens (including phenoxy) is 1. The SMILES string of the molecule is CC[C@H]1OCCC[C@H]1C(=O)N1CCNC(=O)CC1. The highest BCUT2D eigenvalue weighted by Crippen LogP contribution is 2.25. The highest BCUT2D eigenvalue weighted by Gasteiger charge is 2.34. The van der Waals surface area contributed by atoms with Gasteiger partial charge in [0.1, 0.15) is 0 Å². The second kappa shape index (κ2) is 6.18. The standard InChI is InChI=1S/C13H22N2O3/c1-2-11-10(4-3-9-18-11)13(17)15-7-5-12(16)14-6-8-15/h10-11H,2-9H2,1H3,(H,14,16)/t10-,11-/m1/s1. The molecule has 2 heterocycles. The highest BCUT2D eigenvalue weighted by atomic mass is 16.5. The van der Waals surface area contributed by atoms with Crippen molar-refractivity contribution >= 4 is 11.8 Å². The molecule has 0 saturated carbocycles. The van der Waals surface area contributed by atoms with E-state index in [-0.39, 0.29) is 23.8 Å². The van der Waals surface area contributed by atoms with Gasteiger partial charge in [0.05, 0.1) is 12.0 Å². The van der Waals surface area contributed by atoms with E-state index in [9.17, 15) is 9.59 Å². The Morgan fingerprint density at radius 1 is 1.50 bits per heavy atom. The average molecular weight is 254 g/mol. The minimum atomic E-state index is -0.0167. The van der Waals surface area contributed by atoms with Crippen LogP contribution >= 0.6 is 0 Å². The molecule has 5 heteroatoms. The number of nitrogens with one attached hydrogen (secondary N) is 1. The zero-order valence-corrected chi connectivity index (χ0v) is 11.0. The molecule has 0 aliphatic carbocycles. The van der Waals surface area contributed by atoms with Gasteiger partial charge in [0.15, 0.2) is 0 Å². The summed E-state index contributed by atoms with van der Waals surface area (Å²) in [5.74, 6) is 0.187. The molecule has 0 aromatic heterocycles. The lowest BCUT2D eigenvalue weighted by Gasteiger charge is -2.33. The molecular formula is C13H22N2O3. The summed E-state index contributed by atoms with van der Waals surface area (Å²) in [6, 6.07) is 0. The van der Waals surface area contributed by atoms with Crippen molar-refractivity contribution in [3.05, 3.63) is 0 Å². The van der Waals surface area contributed by atoms with E-state index in [2.05, 4.69) is 12.2 Å². The van der Waals surface area contributed by atoms with E-state index in [1.807, 2.05) is 4.90 Å². The summed E-state index contributed by atoms with van der Waals surface area (Å²) in [4.78, 5) is 25.6. The van der Waals surface area contributed by atoms with E-state index in [0.29, 0.717) is 26.1 Å². The molecule has 2 amide bonds. The van der Waals surface area contributed by atoms with Crippen LogP contribution < -0.4 is 5.32 Å². The lowest BCUT2D eigenvalue weighted by molar-refractivity contribution is -0.145. The summed E-state index contributed by atoms with van der Waals surface area (Å²) in [5, 5.41) is 2.79. The molecule has 0 spiro atoms. The molecule has 2 aliphatic heterocycles. The van der Waals surface area contributed by atoms with Gasteiger partial charge in [-0.15, -0.1) is 0 Å². The second-order valence-electron chi connectivity index (χ2n) is 4.99. The van der Waals surface area contributed by atoms with Gasteiger partial charge in [-0.05, 0) is 19.3 Å². The maximum atomic E-state index is 12.5. The van der Waals surface area contributed by atoms with E-state index < -0.39 is 0 Å². The Kier molecular flexibility index (Phi) is 4.58. The van der Waals surface area contributed by atoms with Crippen molar-refractivity contribution in [2.24, 2.45) is 5.92 Å². The first kappa shape index (κ1) is 13.3. The Bertz CT molecular complexity index is 319. The van der Waals surface area contributed by atoms with E-state index >= 15 is 0 Å². The molecule has 18 heavy (non-hydrogen) atoms. The fourth-order valence-corrected chi connectivity index (χ4v) is 2.75. The third kappa shape index (κ3) is 3.02. The molecule has 0 unspecified atom stereocenters. The predicted molar refractivity (Wildman–Crippen MR) is 67.0 cm³/mol. The second-order valence-corrected chi connectivity index (χ2v) is 4.99. The largest absolute Gasteiger partial charge is 0.377 e. The van der Waals surface area contributed by atoms with Crippen molar-refractivity contribution in [3.63, 3.8) is 0 Å². The zero-order valence-electron chi connectivity index (χ0n) is 11.0. The van der Waals surface area contributed by atoms with Gasteiger partial charge in [-0.25, -0.2) is 0 Å². The minimum absolute atomic E-state index is 0.0167. The summed E-state index contributed by atoms with van der Waals surface area (Å²) in [5.41, 5.74) is 0. The van der Waals surface area contributed by atoms with Gasteiger partial charge < -0.3 is 15.0 Å². The smallest absolute Gasteiger partial charge is 0.228 e. The Balaban J connectivity index is 1.98. The van der Waals surface area contributed by atoms with Crippen LogP contribution in [-0.4, -0.2) is 49.1 Å². The molecule has 102 valence electrons. The molecule has 1 N–H and O–H groups in total. The Morgan fingerprint density at radius 3 is 3.11 bits per heavy atom. The summed E-state index contributed by atoms with van der Waals surface area (Å²) >= 11 is 0. The third-order valence-electron chi connectivity index (χ3n) is 3.78.